The second-order valence-electron chi connectivity index (χ2n) is 18.5. The van der Waals surface area contributed by atoms with Crippen molar-refractivity contribution in [1.82, 2.24) is 0 Å². The molecule has 0 bridgehead atoms. The number of allylic oxidation sites excluding steroid dienone is 16. The molecular formula is C62H104O6. The molecular weight excluding hydrogens is 841 g/mol. The number of unbranched alkanes of at least 4 members (excludes halogenated alkanes) is 23. The van der Waals surface area contributed by atoms with E-state index in [1.165, 1.54) is 122 Å². The summed E-state index contributed by atoms with van der Waals surface area (Å²) in [6.07, 6.45) is 74.0. The van der Waals surface area contributed by atoms with Gasteiger partial charge in [0.15, 0.2) is 6.10 Å². The van der Waals surface area contributed by atoms with Crippen molar-refractivity contribution in [2.75, 3.05) is 13.2 Å². The van der Waals surface area contributed by atoms with E-state index in [1.54, 1.807) is 0 Å². The molecule has 68 heavy (non-hydrogen) atoms. The fraction of sp³-hybridized carbons (Fsp3) is 0.694. The van der Waals surface area contributed by atoms with Gasteiger partial charge >= 0.3 is 17.9 Å². The highest BCUT2D eigenvalue weighted by molar-refractivity contribution is 5.71. The van der Waals surface area contributed by atoms with E-state index < -0.39 is 6.10 Å². The van der Waals surface area contributed by atoms with Crippen LogP contribution in [0.5, 0.6) is 0 Å². The van der Waals surface area contributed by atoms with Gasteiger partial charge in [0.2, 0.25) is 0 Å². The molecule has 0 aliphatic heterocycles. The third-order valence-corrected chi connectivity index (χ3v) is 11.8. The summed E-state index contributed by atoms with van der Waals surface area (Å²) in [4.78, 5) is 38.1. The van der Waals surface area contributed by atoms with Crippen molar-refractivity contribution >= 4 is 17.9 Å². The first kappa shape index (κ1) is 64.3. The number of carbonyl (C=O) groups excluding carboxylic acids is 3. The molecule has 0 spiro atoms. The quantitative estimate of drug-likeness (QED) is 0.0262. The lowest BCUT2D eigenvalue weighted by molar-refractivity contribution is -0.167. The molecule has 0 saturated heterocycles. The maximum Gasteiger partial charge on any atom is 0.306 e. The predicted octanol–water partition coefficient (Wildman–Crippen LogP) is 18.9. The molecule has 0 rings (SSSR count). The summed E-state index contributed by atoms with van der Waals surface area (Å²) < 4.78 is 16.8. The molecule has 0 saturated carbocycles. The second-order valence-corrected chi connectivity index (χ2v) is 18.5. The molecule has 0 unspecified atom stereocenters. The first-order chi connectivity index (χ1) is 33.5. The van der Waals surface area contributed by atoms with Crippen LogP contribution in [0, 0.1) is 0 Å². The van der Waals surface area contributed by atoms with Crippen molar-refractivity contribution in [3.8, 4) is 0 Å². The summed E-state index contributed by atoms with van der Waals surface area (Å²) >= 11 is 0. The molecule has 0 aromatic rings. The molecule has 0 amide bonds. The van der Waals surface area contributed by atoms with E-state index in [2.05, 4.69) is 118 Å². The van der Waals surface area contributed by atoms with Gasteiger partial charge in [-0.1, -0.05) is 240 Å². The lowest BCUT2D eigenvalue weighted by atomic mass is 10.0. The standard InChI is InChI=1S/C62H104O6/c1-4-7-10-13-16-19-22-25-28-30-32-34-37-40-43-46-49-52-55-61(64)67-58-59(57-66-60(63)54-51-48-45-42-39-36-33-27-24-21-18-15-12-9-6-3)68-62(65)56-53-50-47-44-41-38-35-31-29-26-23-20-17-14-11-8-5-2/h8,11,17-18,20-21,26-27,29,33,35,38-39,42,44,47,59H,4-7,9-10,12-16,19,22-25,28,30-32,34,36-37,40-41,43,45-46,48-58H2,1-3H3/b11-8-,20-17-,21-18-,29-26-,33-27-,38-35-,42-39-,47-44-/t59-/m1/s1. The normalized spacial score (nSPS) is 12.8. The van der Waals surface area contributed by atoms with Crippen LogP contribution in [-0.4, -0.2) is 37.2 Å². The van der Waals surface area contributed by atoms with Crippen LogP contribution in [0.3, 0.4) is 0 Å². The molecule has 0 aliphatic carbocycles. The number of esters is 3. The minimum Gasteiger partial charge on any atom is -0.462 e. The van der Waals surface area contributed by atoms with Crippen LogP contribution in [0.15, 0.2) is 97.2 Å². The van der Waals surface area contributed by atoms with Crippen LogP contribution in [-0.2, 0) is 28.6 Å². The summed E-state index contributed by atoms with van der Waals surface area (Å²) in [6, 6.07) is 0. The molecule has 0 N–H and O–H groups in total. The zero-order valence-electron chi connectivity index (χ0n) is 44.3. The van der Waals surface area contributed by atoms with Crippen LogP contribution in [0.1, 0.15) is 258 Å². The SMILES string of the molecule is CC/C=C\C/C=C\C/C=C\C/C=C\C/C=C\CCCC(=O)O[C@H](COC(=O)CCCC/C=C\C/C=C\C/C=C\CCCCC)COC(=O)CCCCCCCCCCCCCCCCCCCC. The van der Waals surface area contributed by atoms with E-state index in [4.69, 9.17) is 14.2 Å². The minimum absolute atomic E-state index is 0.111. The lowest BCUT2D eigenvalue weighted by Gasteiger charge is -2.18. The van der Waals surface area contributed by atoms with Gasteiger partial charge in [-0.25, -0.2) is 0 Å². The van der Waals surface area contributed by atoms with E-state index in [0.717, 1.165) is 89.9 Å². The van der Waals surface area contributed by atoms with Crippen LogP contribution in [0.2, 0.25) is 0 Å². The maximum atomic E-state index is 12.8. The third-order valence-electron chi connectivity index (χ3n) is 11.8. The van der Waals surface area contributed by atoms with E-state index in [9.17, 15) is 14.4 Å². The highest BCUT2D eigenvalue weighted by Crippen LogP contribution is 2.15. The average molecular weight is 946 g/mol. The second kappa shape index (κ2) is 55.9. The molecule has 6 heteroatoms. The van der Waals surface area contributed by atoms with Gasteiger partial charge in [-0.2, -0.15) is 0 Å². The number of ether oxygens (including phenoxy) is 3. The van der Waals surface area contributed by atoms with Crippen LogP contribution >= 0.6 is 0 Å². The topological polar surface area (TPSA) is 78.9 Å². The van der Waals surface area contributed by atoms with Crippen molar-refractivity contribution < 1.29 is 28.6 Å². The minimum atomic E-state index is -0.822. The summed E-state index contributed by atoms with van der Waals surface area (Å²) in [6.45, 7) is 6.43. The third kappa shape index (κ3) is 53.3. The first-order valence-electron chi connectivity index (χ1n) is 28.2. The Balaban J connectivity index is 4.51. The van der Waals surface area contributed by atoms with Crippen molar-refractivity contribution in [3.05, 3.63) is 97.2 Å². The smallest absolute Gasteiger partial charge is 0.306 e. The summed E-state index contributed by atoms with van der Waals surface area (Å²) in [5, 5.41) is 0. The fourth-order valence-corrected chi connectivity index (χ4v) is 7.60. The number of hydrogen-bond acceptors (Lipinski definition) is 6. The average Bonchev–Trinajstić information content (AvgIpc) is 3.34. The molecule has 0 aromatic heterocycles. The van der Waals surface area contributed by atoms with E-state index >= 15 is 0 Å². The van der Waals surface area contributed by atoms with Gasteiger partial charge in [0, 0.05) is 19.3 Å². The Bertz CT molecular complexity index is 1360. The van der Waals surface area contributed by atoms with Gasteiger partial charge in [0.25, 0.3) is 0 Å². The molecule has 6 nitrogen and oxygen atoms in total. The van der Waals surface area contributed by atoms with Crippen molar-refractivity contribution in [2.24, 2.45) is 0 Å². The number of hydrogen-bond donors (Lipinski definition) is 0. The Morgan fingerprint density at radius 2 is 0.588 bits per heavy atom. The monoisotopic (exact) mass is 945 g/mol. The number of rotatable bonds is 50. The van der Waals surface area contributed by atoms with Gasteiger partial charge < -0.3 is 14.2 Å². The summed E-state index contributed by atoms with van der Waals surface area (Å²) in [5.41, 5.74) is 0. The highest BCUT2D eigenvalue weighted by Gasteiger charge is 2.19. The summed E-state index contributed by atoms with van der Waals surface area (Å²) in [7, 11) is 0. The van der Waals surface area contributed by atoms with Crippen molar-refractivity contribution in [1.29, 1.82) is 0 Å². The zero-order chi connectivity index (χ0) is 49.3. The summed E-state index contributed by atoms with van der Waals surface area (Å²) in [5.74, 6) is -1.01. The van der Waals surface area contributed by atoms with Crippen molar-refractivity contribution in [3.63, 3.8) is 0 Å². The molecule has 0 radical (unpaired) electrons. The van der Waals surface area contributed by atoms with E-state index in [-0.39, 0.29) is 37.5 Å². The number of carbonyl (C=O) groups is 3. The zero-order valence-corrected chi connectivity index (χ0v) is 44.3. The van der Waals surface area contributed by atoms with Gasteiger partial charge in [-0.15, -0.1) is 0 Å². The predicted molar refractivity (Wildman–Crippen MR) is 293 cm³/mol. The Labute approximate surface area is 419 Å². The Kier molecular flexibility index (Phi) is 52.9. The van der Waals surface area contributed by atoms with Crippen LogP contribution in [0.4, 0.5) is 0 Å². The molecule has 0 heterocycles. The molecule has 1 atom stereocenters. The highest BCUT2D eigenvalue weighted by atomic mass is 16.6. The Hall–Kier alpha value is -3.67. The Morgan fingerprint density at radius 3 is 0.971 bits per heavy atom. The first-order valence-corrected chi connectivity index (χ1v) is 28.2. The van der Waals surface area contributed by atoms with E-state index in [1.807, 2.05) is 0 Å². The van der Waals surface area contributed by atoms with Crippen molar-refractivity contribution in [2.45, 2.75) is 264 Å². The van der Waals surface area contributed by atoms with Crippen LogP contribution in [0.25, 0.3) is 0 Å². The van der Waals surface area contributed by atoms with E-state index in [0.29, 0.717) is 19.3 Å². The van der Waals surface area contributed by atoms with Gasteiger partial charge in [-0.05, 0) is 96.3 Å². The lowest BCUT2D eigenvalue weighted by Crippen LogP contribution is -2.30. The molecule has 388 valence electrons. The molecule has 0 fully saturated rings. The van der Waals surface area contributed by atoms with Gasteiger partial charge in [0.1, 0.15) is 13.2 Å². The Morgan fingerprint density at radius 1 is 0.309 bits per heavy atom. The van der Waals surface area contributed by atoms with Gasteiger partial charge in [-0.3, -0.25) is 14.4 Å². The largest absolute Gasteiger partial charge is 0.462 e. The maximum absolute atomic E-state index is 12.8. The fourth-order valence-electron chi connectivity index (χ4n) is 7.60. The molecule has 0 aromatic carbocycles. The van der Waals surface area contributed by atoms with Crippen LogP contribution < -0.4 is 0 Å². The van der Waals surface area contributed by atoms with Gasteiger partial charge in [0.05, 0.1) is 0 Å². The molecule has 0 aliphatic rings.